The summed E-state index contributed by atoms with van der Waals surface area (Å²) in [4.78, 5) is 9.60. The molecule has 7 heteroatoms. The van der Waals surface area contributed by atoms with Crippen molar-refractivity contribution in [1.29, 1.82) is 0 Å². The van der Waals surface area contributed by atoms with Gasteiger partial charge in [-0.1, -0.05) is 6.58 Å². The summed E-state index contributed by atoms with van der Waals surface area (Å²) in [5.41, 5.74) is 0. The zero-order chi connectivity index (χ0) is 7.28. The summed E-state index contributed by atoms with van der Waals surface area (Å²) in [6.45, 7) is 3.03. The maximum atomic E-state index is 10.1. The maximum Gasteiger partial charge on any atom is 0.796 e. The molecule has 0 fully saturated rings. The predicted molar refractivity (Wildman–Crippen MR) is 27.6 cm³/mol. The van der Waals surface area contributed by atoms with Gasteiger partial charge in [-0.2, -0.15) is 0 Å². The SMILES string of the molecule is C=CO[P+](=O)O[P+](=O)[O-]. The van der Waals surface area contributed by atoms with E-state index in [9.17, 15) is 14.0 Å². The molecule has 0 aliphatic heterocycles. The normalized spacial score (nSPS) is 12.1. The van der Waals surface area contributed by atoms with E-state index in [1.54, 1.807) is 0 Å². The summed E-state index contributed by atoms with van der Waals surface area (Å²) in [7, 11) is -5.69. The number of hydrogen-bond acceptors (Lipinski definition) is 5. The van der Waals surface area contributed by atoms with Crippen LogP contribution in [0.4, 0.5) is 0 Å². The topological polar surface area (TPSA) is 75.7 Å². The van der Waals surface area contributed by atoms with E-state index < -0.39 is 16.5 Å². The van der Waals surface area contributed by atoms with Crippen LogP contribution in [-0.2, 0) is 18.0 Å². The van der Waals surface area contributed by atoms with Crippen molar-refractivity contribution in [2.75, 3.05) is 0 Å². The second-order valence-corrected chi connectivity index (χ2v) is 2.56. The first-order valence-electron chi connectivity index (χ1n) is 1.74. The molecule has 0 amide bonds. The second-order valence-electron chi connectivity index (χ2n) is 0.801. The van der Waals surface area contributed by atoms with Gasteiger partial charge in [0.25, 0.3) is 0 Å². The van der Waals surface area contributed by atoms with E-state index in [4.69, 9.17) is 0 Å². The van der Waals surface area contributed by atoms with Crippen LogP contribution in [0, 0.1) is 0 Å². The van der Waals surface area contributed by atoms with Crippen molar-refractivity contribution in [3.63, 3.8) is 0 Å². The molecule has 2 unspecified atom stereocenters. The Morgan fingerprint density at radius 1 is 1.56 bits per heavy atom. The second kappa shape index (κ2) is 4.53. The Kier molecular flexibility index (Phi) is 4.36. The summed E-state index contributed by atoms with van der Waals surface area (Å²) in [5, 5.41) is 0. The van der Waals surface area contributed by atoms with E-state index in [0.29, 0.717) is 0 Å². The van der Waals surface area contributed by atoms with Gasteiger partial charge in [-0.3, -0.25) is 0 Å². The fourth-order valence-corrected chi connectivity index (χ4v) is 0.846. The minimum Gasteiger partial charge on any atom is -0.563 e. The van der Waals surface area contributed by atoms with Crippen LogP contribution in [0.1, 0.15) is 0 Å². The van der Waals surface area contributed by atoms with Crippen molar-refractivity contribution in [2.24, 2.45) is 0 Å². The molecular weight excluding hydrogens is 166 g/mol. The van der Waals surface area contributed by atoms with Gasteiger partial charge in [0.2, 0.25) is 0 Å². The minimum absolute atomic E-state index is 0.831. The van der Waals surface area contributed by atoms with Crippen molar-refractivity contribution in [3.05, 3.63) is 12.8 Å². The van der Waals surface area contributed by atoms with E-state index in [1.165, 1.54) is 0 Å². The molecule has 0 aromatic carbocycles. The third-order valence-electron chi connectivity index (χ3n) is 0.294. The number of rotatable bonds is 4. The monoisotopic (exact) mass is 169 g/mol. The lowest BCUT2D eigenvalue weighted by Gasteiger charge is -1.72. The molecule has 50 valence electrons. The molecule has 0 spiro atoms. The lowest BCUT2D eigenvalue weighted by atomic mass is 11.2. The molecule has 0 rings (SSSR count). The molecular formula is C2H3O5P2+. The van der Waals surface area contributed by atoms with Gasteiger partial charge < -0.3 is 4.89 Å². The van der Waals surface area contributed by atoms with E-state index in [1.807, 2.05) is 0 Å². The van der Waals surface area contributed by atoms with Gasteiger partial charge in [0.05, 0.1) is 0 Å². The van der Waals surface area contributed by atoms with Gasteiger partial charge in [0.1, 0.15) is 10.6 Å². The highest BCUT2D eigenvalue weighted by Gasteiger charge is 2.29. The first-order valence-corrected chi connectivity index (χ1v) is 3.93. The largest absolute Gasteiger partial charge is 0.796 e. The smallest absolute Gasteiger partial charge is 0.563 e. The Bertz CT molecular complexity index is 142. The van der Waals surface area contributed by atoms with Crippen LogP contribution in [0.2, 0.25) is 0 Å². The Hall–Kier alpha value is -0.340. The Morgan fingerprint density at radius 2 is 2.11 bits per heavy atom. The molecule has 5 nitrogen and oxygen atoms in total. The fourth-order valence-electron chi connectivity index (χ4n) is 0.135. The Morgan fingerprint density at radius 3 is 2.44 bits per heavy atom. The lowest BCUT2D eigenvalue weighted by molar-refractivity contribution is -0.178. The minimum atomic E-state index is -3.11. The highest BCUT2D eigenvalue weighted by molar-refractivity contribution is 7.46. The molecule has 0 heterocycles. The summed E-state index contributed by atoms with van der Waals surface area (Å²) in [5.74, 6) is 0. The van der Waals surface area contributed by atoms with Crippen LogP contribution in [0.5, 0.6) is 0 Å². The van der Waals surface area contributed by atoms with Crippen molar-refractivity contribution < 1.29 is 22.9 Å². The van der Waals surface area contributed by atoms with Crippen molar-refractivity contribution >= 4 is 16.5 Å². The van der Waals surface area contributed by atoms with Crippen molar-refractivity contribution in [1.82, 2.24) is 0 Å². The van der Waals surface area contributed by atoms with Crippen molar-refractivity contribution in [3.8, 4) is 0 Å². The summed E-state index contributed by atoms with van der Waals surface area (Å²) >= 11 is 0. The number of hydrogen-bond donors (Lipinski definition) is 0. The fraction of sp³-hybridized carbons (Fsp3) is 0. The lowest BCUT2D eigenvalue weighted by Crippen LogP contribution is -1.84. The summed E-state index contributed by atoms with van der Waals surface area (Å²) in [6, 6.07) is 0. The quantitative estimate of drug-likeness (QED) is 0.460. The third kappa shape index (κ3) is 5.53. The van der Waals surface area contributed by atoms with Crippen molar-refractivity contribution in [2.45, 2.75) is 0 Å². The summed E-state index contributed by atoms with van der Waals surface area (Å²) in [6.07, 6.45) is 0.831. The molecule has 0 radical (unpaired) electrons. The molecule has 2 atom stereocenters. The molecule has 0 aliphatic carbocycles. The van der Waals surface area contributed by atoms with Crippen LogP contribution in [0.15, 0.2) is 12.8 Å². The van der Waals surface area contributed by atoms with Gasteiger partial charge in [0.15, 0.2) is 0 Å². The molecule has 0 N–H and O–H groups in total. The van der Waals surface area contributed by atoms with Crippen LogP contribution in [-0.4, -0.2) is 0 Å². The maximum absolute atomic E-state index is 10.1. The predicted octanol–water partition coefficient (Wildman–Crippen LogP) is 0.838. The van der Waals surface area contributed by atoms with Crippen LogP contribution < -0.4 is 4.89 Å². The molecule has 9 heavy (non-hydrogen) atoms. The van der Waals surface area contributed by atoms with Crippen LogP contribution in [0.3, 0.4) is 0 Å². The van der Waals surface area contributed by atoms with Gasteiger partial charge in [-0.15, -0.1) is 0 Å². The zero-order valence-corrected chi connectivity index (χ0v) is 6.01. The Labute approximate surface area is 53.2 Å². The van der Waals surface area contributed by atoms with E-state index in [0.717, 1.165) is 6.26 Å². The van der Waals surface area contributed by atoms with Gasteiger partial charge >= 0.3 is 16.5 Å². The first kappa shape index (κ1) is 8.66. The average Bonchev–Trinajstić information content (AvgIpc) is 1.63. The molecule has 0 aliphatic rings. The standard InChI is InChI=1S/C2H3O5P2/c1-2-6-9(5)7-8(3)4/h2H,1H2/q+1. The van der Waals surface area contributed by atoms with E-state index in [2.05, 4.69) is 15.4 Å². The molecule has 0 saturated carbocycles. The molecule has 0 aromatic rings. The van der Waals surface area contributed by atoms with Crippen LogP contribution in [0.25, 0.3) is 0 Å². The summed E-state index contributed by atoms with van der Waals surface area (Å²) < 4.78 is 27.4. The van der Waals surface area contributed by atoms with Gasteiger partial charge in [0, 0.05) is 4.57 Å². The third-order valence-corrected chi connectivity index (χ3v) is 1.68. The molecule has 0 aromatic heterocycles. The van der Waals surface area contributed by atoms with Crippen LogP contribution >= 0.6 is 16.5 Å². The molecule has 0 saturated heterocycles. The zero-order valence-electron chi connectivity index (χ0n) is 4.22. The molecule has 0 bridgehead atoms. The van der Waals surface area contributed by atoms with E-state index in [-0.39, 0.29) is 0 Å². The highest BCUT2D eigenvalue weighted by Crippen LogP contribution is 2.33. The first-order chi connectivity index (χ1) is 4.16. The Balaban J connectivity index is 3.50. The van der Waals surface area contributed by atoms with E-state index >= 15 is 0 Å². The van der Waals surface area contributed by atoms with Gasteiger partial charge in [-0.25, -0.2) is 4.52 Å². The van der Waals surface area contributed by atoms with Gasteiger partial charge in [-0.05, 0) is 4.57 Å². The highest BCUT2D eigenvalue weighted by atomic mass is 31.2. The average molecular weight is 169 g/mol.